The van der Waals surface area contributed by atoms with E-state index in [0.29, 0.717) is 23.4 Å². The molecule has 4 aromatic carbocycles. The molecule has 88 heavy (non-hydrogen) atoms. The number of anilines is 3. The summed E-state index contributed by atoms with van der Waals surface area (Å²) >= 11 is 0. The van der Waals surface area contributed by atoms with Gasteiger partial charge in [0.2, 0.25) is 35.4 Å². The lowest BCUT2D eigenvalue weighted by Gasteiger charge is -2.40. The van der Waals surface area contributed by atoms with E-state index in [4.69, 9.17) is 10.5 Å². The average Bonchev–Trinajstić information content (AvgIpc) is 3.55. The van der Waals surface area contributed by atoms with E-state index in [1.54, 1.807) is 93.5 Å². The molecule has 0 saturated heterocycles. The number of nitrogens with two attached hydrogens (primary N) is 1. The SMILES string of the molecule is C=Cc1ccccc1CN(C(=O)CCC(=O)N[C@H](C(=O)N[C@@H](CCCNC(N)=O)C(=O)Nc1ccc(COC(=O)Nc2ccc(C(C)(C)C(NC)C(=O)N[C@H](C(=O)N(C)[C@H](/C=C(\C)C(=O)O)C(C)C)C(C)(C)C)cc2)cc1)C(C)C)c1ccccc1CC. The highest BCUT2D eigenvalue weighted by molar-refractivity contribution is 6.00. The Hall–Kier alpha value is -8.85. The number of primary amides is 1. The Kier molecular flexibility index (Phi) is 27.1. The van der Waals surface area contributed by atoms with Crippen LogP contribution in [0.2, 0.25) is 0 Å². The van der Waals surface area contributed by atoms with Crippen molar-refractivity contribution in [1.82, 2.24) is 31.5 Å². The molecule has 476 valence electrons. The highest BCUT2D eigenvalue weighted by atomic mass is 16.5. The van der Waals surface area contributed by atoms with Crippen LogP contribution in [0.3, 0.4) is 0 Å². The van der Waals surface area contributed by atoms with Gasteiger partial charge >= 0.3 is 18.1 Å². The summed E-state index contributed by atoms with van der Waals surface area (Å²) < 4.78 is 5.51. The van der Waals surface area contributed by atoms with Crippen LogP contribution in [-0.4, -0.2) is 114 Å². The van der Waals surface area contributed by atoms with Crippen molar-refractivity contribution >= 4 is 76.7 Å². The number of benzene rings is 4. The van der Waals surface area contributed by atoms with Gasteiger partial charge in [0.15, 0.2) is 0 Å². The van der Waals surface area contributed by atoms with E-state index in [0.717, 1.165) is 27.9 Å². The minimum atomic E-state index is -1.12. The molecule has 0 saturated carbocycles. The molecule has 0 aliphatic carbocycles. The molecule has 4 rings (SSSR count). The molecule has 0 heterocycles. The summed E-state index contributed by atoms with van der Waals surface area (Å²) in [7, 11) is 3.26. The number of ether oxygens (including phenoxy) is 1. The maximum absolute atomic E-state index is 14.2. The van der Waals surface area contributed by atoms with Crippen molar-refractivity contribution < 1.29 is 53.0 Å². The standard InChI is InChI=1S/C67H92N10O11/c1-15-45-22-17-18-24-47(45)39-77(52-26-20-19-23-46(52)16-2)55(79)36-35-54(78)74-56(42(5)6)60(81)73-51(25-21-37-70-64(68)86)59(80)71-49-31-27-44(28-32-49)40-88-65(87)72-50-33-29-48(30-34-50)67(11,12)57(69-13)61(82)75-58(66(8,9)10)62(83)76(14)53(41(3)4)38-43(7)63(84)85/h15,17-20,22-24,26-34,38,41-42,51,53,56-58,69H,1,16,21,25,35-37,39-40H2,2-14H3,(H,71,80)(H,72,87)(H,73,81)(H,74,78)(H,75,82)(H,84,85)(H3,68,70,86)/b43-38+/t51-,53+,56-,57?,58+/m0/s1. The number of hydrogen-bond donors (Lipinski definition) is 9. The molecule has 10 N–H and O–H groups in total. The molecule has 0 fully saturated rings. The highest BCUT2D eigenvalue weighted by Crippen LogP contribution is 2.31. The van der Waals surface area contributed by atoms with Crippen LogP contribution in [0, 0.1) is 17.3 Å². The fourth-order valence-corrected chi connectivity index (χ4v) is 10.1. The van der Waals surface area contributed by atoms with Gasteiger partial charge in [-0.05, 0) is 109 Å². The van der Waals surface area contributed by atoms with Crippen molar-refractivity contribution in [2.45, 2.75) is 157 Å². The van der Waals surface area contributed by atoms with Gasteiger partial charge in [0.1, 0.15) is 24.7 Å². The maximum atomic E-state index is 14.2. The maximum Gasteiger partial charge on any atom is 0.411 e. The lowest BCUT2D eigenvalue weighted by atomic mass is 9.76. The molecule has 21 heteroatoms. The Bertz CT molecular complexity index is 3120. The normalized spacial score (nSPS) is 13.4. The Morgan fingerprint density at radius 2 is 1.33 bits per heavy atom. The first kappa shape index (κ1) is 71.6. The molecule has 5 atom stereocenters. The number of nitrogens with one attached hydrogen (secondary N) is 7. The first-order valence-electron chi connectivity index (χ1n) is 29.8. The largest absolute Gasteiger partial charge is 0.478 e. The van der Waals surface area contributed by atoms with E-state index in [-0.39, 0.29) is 68.7 Å². The van der Waals surface area contributed by atoms with Crippen LogP contribution < -0.4 is 47.9 Å². The number of urea groups is 1. The van der Waals surface area contributed by atoms with Gasteiger partial charge in [-0.3, -0.25) is 34.1 Å². The topological polar surface area (TPSA) is 300 Å². The second kappa shape index (κ2) is 33.3. The predicted octanol–water partition coefficient (Wildman–Crippen LogP) is 8.58. The first-order chi connectivity index (χ1) is 41.4. The molecule has 0 aromatic heterocycles. The van der Waals surface area contributed by atoms with Gasteiger partial charge in [-0.15, -0.1) is 0 Å². The van der Waals surface area contributed by atoms with Crippen molar-refractivity contribution in [3.05, 3.63) is 143 Å². The van der Waals surface area contributed by atoms with Gasteiger partial charge in [-0.1, -0.05) is 155 Å². The minimum absolute atomic E-state index is 0.0853. The average molecular weight is 1210 g/mol. The predicted molar refractivity (Wildman–Crippen MR) is 344 cm³/mol. The third-order valence-corrected chi connectivity index (χ3v) is 15.4. The van der Waals surface area contributed by atoms with Crippen LogP contribution in [0.1, 0.15) is 130 Å². The van der Waals surface area contributed by atoms with E-state index >= 15 is 0 Å². The van der Waals surface area contributed by atoms with Gasteiger partial charge in [-0.2, -0.15) is 0 Å². The molecule has 0 bridgehead atoms. The lowest BCUT2D eigenvalue weighted by molar-refractivity contribution is -0.141. The third kappa shape index (κ3) is 20.9. The number of carbonyl (C=O) groups is 9. The van der Waals surface area contributed by atoms with Crippen molar-refractivity contribution in [2.75, 3.05) is 36.2 Å². The fourth-order valence-electron chi connectivity index (χ4n) is 10.1. The number of aryl methyl sites for hydroxylation is 1. The van der Waals surface area contributed by atoms with Crippen LogP contribution in [-0.2, 0) is 63.3 Å². The van der Waals surface area contributed by atoms with Crippen molar-refractivity contribution in [2.24, 2.45) is 23.0 Å². The summed E-state index contributed by atoms with van der Waals surface area (Å²) in [6.07, 6.45) is 3.20. The van der Waals surface area contributed by atoms with Crippen molar-refractivity contribution in [1.29, 1.82) is 0 Å². The molecule has 0 spiro atoms. The molecule has 0 radical (unpaired) electrons. The zero-order valence-electron chi connectivity index (χ0n) is 53.3. The smallest absolute Gasteiger partial charge is 0.411 e. The van der Waals surface area contributed by atoms with Crippen molar-refractivity contribution in [3.63, 3.8) is 0 Å². The van der Waals surface area contributed by atoms with Gasteiger partial charge < -0.3 is 57.3 Å². The fraction of sp³-hybridized carbons (Fsp3) is 0.448. The first-order valence-corrected chi connectivity index (χ1v) is 29.8. The van der Waals surface area contributed by atoms with Crippen LogP contribution in [0.25, 0.3) is 6.08 Å². The number of amides is 9. The Morgan fingerprint density at radius 1 is 0.727 bits per heavy atom. The summed E-state index contributed by atoms with van der Waals surface area (Å²) in [4.78, 5) is 123. The summed E-state index contributed by atoms with van der Waals surface area (Å²) in [6.45, 7) is 24.2. The second-order valence-corrected chi connectivity index (χ2v) is 24.2. The molecule has 0 aliphatic heterocycles. The third-order valence-electron chi connectivity index (χ3n) is 15.4. The van der Waals surface area contributed by atoms with Gasteiger partial charge in [0, 0.05) is 54.5 Å². The Balaban J connectivity index is 1.37. The zero-order valence-corrected chi connectivity index (χ0v) is 53.3. The van der Waals surface area contributed by atoms with E-state index in [1.807, 2.05) is 104 Å². The van der Waals surface area contributed by atoms with E-state index in [9.17, 15) is 48.3 Å². The van der Waals surface area contributed by atoms with Gasteiger partial charge in [0.25, 0.3) is 0 Å². The molecule has 1 unspecified atom stereocenters. The monoisotopic (exact) mass is 1210 g/mol. The lowest BCUT2D eigenvalue weighted by Crippen LogP contribution is -2.61. The van der Waals surface area contributed by atoms with E-state index < -0.39 is 88.7 Å². The summed E-state index contributed by atoms with van der Waals surface area (Å²) in [6, 6.07) is 23.4. The minimum Gasteiger partial charge on any atom is -0.478 e. The van der Waals surface area contributed by atoms with E-state index in [2.05, 4.69) is 43.8 Å². The molecule has 4 aromatic rings. The van der Waals surface area contributed by atoms with Gasteiger partial charge in [-0.25, -0.2) is 14.4 Å². The zero-order chi connectivity index (χ0) is 65.6. The molecule has 0 aliphatic rings. The van der Waals surface area contributed by atoms with Crippen molar-refractivity contribution in [3.8, 4) is 0 Å². The summed E-state index contributed by atoms with van der Waals surface area (Å²) in [5.74, 6) is -4.43. The Labute approximate surface area is 518 Å². The highest BCUT2D eigenvalue weighted by Gasteiger charge is 2.42. The molecule has 9 amide bonds. The number of carbonyl (C=O) groups excluding carboxylic acids is 8. The van der Waals surface area contributed by atoms with Crippen LogP contribution in [0.5, 0.6) is 0 Å². The number of carboxylic acid groups (broad SMARTS) is 1. The van der Waals surface area contributed by atoms with Gasteiger partial charge in [0.05, 0.1) is 18.6 Å². The molecule has 21 nitrogen and oxygen atoms in total. The molecular weight excluding hydrogens is 1120 g/mol. The number of rotatable bonds is 31. The summed E-state index contributed by atoms with van der Waals surface area (Å²) in [5.41, 5.74) is 9.40. The van der Waals surface area contributed by atoms with Crippen LogP contribution in [0.4, 0.5) is 26.7 Å². The Morgan fingerprint density at radius 3 is 1.90 bits per heavy atom. The number of nitrogens with zero attached hydrogens (tertiary/aromatic N) is 2. The second-order valence-electron chi connectivity index (χ2n) is 24.2. The number of para-hydroxylation sites is 1. The molecular formula is C67H92N10O11. The van der Waals surface area contributed by atoms with Crippen LogP contribution >= 0.6 is 0 Å². The number of aliphatic carboxylic acids is 1. The number of hydrogen-bond acceptors (Lipinski definition) is 11. The van der Waals surface area contributed by atoms with E-state index in [1.165, 1.54) is 11.8 Å². The van der Waals surface area contributed by atoms with Crippen LogP contribution in [0.15, 0.2) is 115 Å². The quantitative estimate of drug-likeness (QED) is 0.0169. The number of likely N-dealkylation sites (N-methyl/N-ethyl adjacent to an activating group) is 2. The number of carboxylic acids is 1. The summed E-state index contributed by atoms with van der Waals surface area (Å²) in [5, 5.41) is 29.2.